The molecular formula is C17H14BrN7O4. The number of carbonyl (C=O) groups excluding carboxylic acids is 1. The molecule has 0 spiro atoms. The van der Waals surface area contributed by atoms with E-state index < -0.39 is 10.8 Å². The number of hydrogen-bond donors (Lipinski definition) is 1. The van der Waals surface area contributed by atoms with Crippen LogP contribution in [0.15, 0.2) is 52.0 Å². The second kappa shape index (κ2) is 9.01. The van der Waals surface area contributed by atoms with Crippen molar-refractivity contribution in [1.29, 1.82) is 0 Å². The maximum absolute atomic E-state index is 12.0. The van der Waals surface area contributed by atoms with Crippen LogP contribution in [0, 0.1) is 10.1 Å². The smallest absolute Gasteiger partial charge is 0.312 e. The van der Waals surface area contributed by atoms with E-state index in [9.17, 15) is 14.9 Å². The number of carbonyl (C=O) groups is 1. The van der Waals surface area contributed by atoms with E-state index in [1.54, 1.807) is 6.07 Å². The summed E-state index contributed by atoms with van der Waals surface area (Å²) in [5.74, 6) is -0.0727. The topological polar surface area (TPSA) is 137 Å². The first-order chi connectivity index (χ1) is 14.0. The van der Waals surface area contributed by atoms with Gasteiger partial charge < -0.3 is 4.74 Å². The summed E-state index contributed by atoms with van der Waals surface area (Å²) in [4.78, 5) is 23.8. The highest BCUT2D eigenvalue weighted by molar-refractivity contribution is 9.10. The van der Waals surface area contributed by atoms with E-state index in [0.29, 0.717) is 15.9 Å². The van der Waals surface area contributed by atoms with Crippen molar-refractivity contribution in [3.05, 3.63) is 62.6 Å². The zero-order valence-corrected chi connectivity index (χ0v) is 16.6. The van der Waals surface area contributed by atoms with Crippen LogP contribution < -0.4 is 10.2 Å². The molecule has 0 aliphatic rings. The minimum Gasteiger partial charge on any atom is -0.490 e. The van der Waals surface area contributed by atoms with Crippen molar-refractivity contribution in [2.24, 2.45) is 5.10 Å². The van der Waals surface area contributed by atoms with Crippen molar-refractivity contribution >= 4 is 33.7 Å². The summed E-state index contributed by atoms with van der Waals surface area (Å²) in [6, 6.07) is 12.1. The van der Waals surface area contributed by atoms with E-state index in [4.69, 9.17) is 4.74 Å². The van der Waals surface area contributed by atoms with Crippen molar-refractivity contribution in [3.8, 4) is 17.1 Å². The molecule has 0 fully saturated rings. The molecule has 29 heavy (non-hydrogen) atoms. The Balaban J connectivity index is 1.66. The van der Waals surface area contributed by atoms with Gasteiger partial charge in [0.2, 0.25) is 11.6 Å². The van der Waals surface area contributed by atoms with Gasteiger partial charge in [0.25, 0.3) is 5.91 Å². The normalized spacial score (nSPS) is 10.8. The second-order valence-electron chi connectivity index (χ2n) is 5.61. The zero-order chi connectivity index (χ0) is 20.8. The Morgan fingerprint density at radius 2 is 2.14 bits per heavy atom. The molecule has 3 aromatic rings. The summed E-state index contributed by atoms with van der Waals surface area (Å²) in [5, 5.41) is 26.8. The van der Waals surface area contributed by atoms with Crippen LogP contribution in [0.5, 0.6) is 5.75 Å². The fourth-order valence-corrected chi connectivity index (χ4v) is 2.87. The van der Waals surface area contributed by atoms with Gasteiger partial charge in [0, 0.05) is 21.7 Å². The minimum absolute atomic E-state index is 0.0293. The SMILES string of the molecule is COc1c(/C=N\NC(=O)Cn2nnc(-c3ccccc3)n2)cc(Br)cc1[N+](=O)[O-]. The van der Waals surface area contributed by atoms with Gasteiger partial charge in [0.05, 0.1) is 18.2 Å². The van der Waals surface area contributed by atoms with Crippen LogP contribution in [0.2, 0.25) is 0 Å². The molecule has 0 atom stereocenters. The monoisotopic (exact) mass is 459 g/mol. The molecule has 0 aliphatic carbocycles. The van der Waals surface area contributed by atoms with Crippen molar-refractivity contribution < 1.29 is 14.5 Å². The van der Waals surface area contributed by atoms with Crippen LogP contribution in [0.4, 0.5) is 5.69 Å². The van der Waals surface area contributed by atoms with E-state index in [1.807, 2.05) is 30.3 Å². The molecule has 0 radical (unpaired) electrons. The fourth-order valence-electron chi connectivity index (χ4n) is 2.40. The Labute approximate surface area is 172 Å². The number of nitro groups is 1. The van der Waals surface area contributed by atoms with Gasteiger partial charge in [-0.3, -0.25) is 14.9 Å². The first kappa shape index (κ1) is 20.1. The van der Waals surface area contributed by atoms with Gasteiger partial charge in [-0.1, -0.05) is 46.3 Å². The van der Waals surface area contributed by atoms with Crippen LogP contribution in [0.1, 0.15) is 5.56 Å². The lowest BCUT2D eigenvalue weighted by atomic mass is 10.2. The maximum Gasteiger partial charge on any atom is 0.312 e. The molecule has 1 aromatic heterocycles. The van der Waals surface area contributed by atoms with E-state index in [1.165, 1.54) is 19.4 Å². The number of amides is 1. The molecule has 0 saturated carbocycles. The lowest BCUT2D eigenvalue weighted by molar-refractivity contribution is -0.385. The molecule has 1 amide bonds. The van der Waals surface area contributed by atoms with Gasteiger partial charge in [-0.15, -0.1) is 10.2 Å². The van der Waals surface area contributed by atoms with Gasteiger partial charge in [-0.05, 0) is 11.3 Å². The summed E-state index contributed by atoms with van der Waals surface area (Å²) in [5.41, 5.74) is 3.18. The molecule has 0 unspecified atom stereocenters. The van der Waals surface area contributed by atoms with E-state index in [2.05, 4.69) is 41.9 Å². The molecular weight excluding hydrogens is 446 g/mol. The number of hydrogen-bond acceptors (Lipinski definition) is 8. The average Bonchev–Trinajstić information content (AvgIpc) is 3.16. The first-order valence-corrected chi connectivity index (χ1v) is 8.94. The number of tetrazole rings is 1. The average molecular weight is 460 g/mol. The fraction of sp³-hybridized carbons (Fsp3) is 0.118. The summed E-state index contributed by atoms with van der Waals surface area (Å²) in [6.45, 7) is -0.201. The number of hydrazone groups is 1. The molecule has 12 heteroatoms. The van der Waals surface area contributed by atoms with E-state index in [-0.39, 0.29) is 18.0 Å². The summed E-state index contributed by atoms with van der Waals surface area (Å²) < 4.78 is 5.56. The Morgan fingerprint density at radius 3 is 2.83 bits per heavy atom. The highest BCUT2D eigenvalue weighted by atomic mass is 79.9. The third-order valence-electron chi connectivity index (χ3n) is 3.63. The van der Waals surface area contributed by atoms with E-state index in [0.717, 1.165) is 10.4 Å². The quantitative estimate of drug-likeness (QED) is 0.324. The van der Waals surface area contributed by atoms with Crippen LogP contribution in [0.25, 0.3) is 11.4 Å². The van der Waals surface area contributed by atoms with Gasteiger partial charge in [0.15, 0.2) is 0 Å². The standard InChI is InChI=1S/C17H14BrN7O4/c1-29-16-12(7-13(18)8-14(16)25(27)28)9-19-20-15(26)10-24-22-17(21-23-24)11-5-3-2-4-6-11/h2-9H,10H2,1H3,(H,20,26)/b19-9-. The molecule has 11 nitrogen and oxygen atoms in total. The summed E-state index contributed by atoms with van der Waals surface area (Å²) in [6.07, 6.45) is 1.25. The van der Waals surface area contributed by atoms with Crippen LogP contribution in [0.3, 0.4) is 0 Å². The Bertz CT molecular complexity index is 1070. The number of aromatic nitrogens is 4. The van der Waals surface area contributed by atoms with Gasteiger partial charge >= 0.3 is 5.69 Å². The highest BCUT2D eigenvalue weighted by Crippen LogP contribution is 2.33. The van der Waals surface area contributed by atoms with Gasteiger partial charge in [-0.2, -0.15) is 9.90 Å². The molecule has 0 saturated heterocycles. The van der Waals surface area contributed by atoms with Crippen molar-refractivity contribution in [1.82, 2.24) is 25.6 Å². The molecule has 1 N–H and O–H groups in total. The summed E-state index contributed by atoms with van der Waals surface area (Å²) >= 11 is 3.20. The van der Waals surface area contributed by atoms with Crippen molar-refractivity contribution in [2.75, 3.05) is 7.11 Å². The van der Waals surface area contributed by atoms with Crippen LogP contribution in [-0.2, 0) is 11.3 Å². The Kier molecular flexibility index (Phi) is 6.24. The number of halogens is 1. The number of nitrogens with zero attached hydrogens (tertiary/aromatic N) is 6. The van der Waals surface area contributed by atoms with Crippen molar-refractivity contribution in [3.63, 3.8) is 0 Å². The van der Waals surface area contributed by atoms with Gasteiger partial charge in [-0.25, -0.2) is 5.43 Å². The van der Waals surface area contributed by atoms with E-state index >= 15 is 0 Å². The number of methoxy groups -OCH3 is 1. The molecule has 0 bridgehead atoms. The predicted octanol–water partition coefficient (Wildman–Crippen LogP) is 2.17. The molecule has 148 valence electrons. The number of rotatable bonds is 7. The number of ether oxygens (including phenoxy) is 1. The number of nitrogens with one attached hydrogen (secondary N) is 1. The molecule has 2 aromatic carbocycles. The first-order valence-electron chi connectivity index (χ1n) is 8.15. The minimum atomic E-state index is -0.569. The van der Waals surface area contributed by atoms with Crippen LogP contribution >= 0.6 is 15.9 Å². The predicted molar refractivity (Wildman–Crippen MR) is 106 cm³/mol. The lowest BCUT2D eigenvalue weighted by Gasteiger charge is -2.06. The van der Waals surface area contributed by atoms with Crippen molar-refractivity contribution in [2.45, 2.75) is 6.54 Å². The summed E-state index contributed by atoms with van der Waals surface area (Å²) in [7, 11) is 1.31. The molecule has 1 heterocycles. The lowest BCUT2D eigenvalue weighted by Crippen LogP contribution is -2.24. The number of nitro benzene ring substituents is 1. The number of benzene rings is 2. The highest BCUT2D eigenvalue weighted by Gasteiger charge is 2.19. The molecule has 3 rings (SSSR count). The maximum atomic E-state index is 12.0. The second-order valence-corrected chi connectivity index (χ2v) is 6.52. The molecule has 0 aliphatic heterocycles. The van der Waals surface area contributed by atoms with Crippen LogP contribution in [-0.4, -0.2) is 44.4 Å². The third kappa shape index (κ3) is 4.99. The Hall–Kier alpha value is -3.67. The largest absolute Gasteiger partial charge is 0.490 e. The zero-order valence-electron chi connectivity index (χ0n) is 15.0. The van der Waals surface area contributed by atoms with Gasteiger partial charge in [0.1, 0.15) is 6.54 Å². The third-order valence-corrected chi connectivity index (χ3v) is 4.08. The Morgan fingerprint density at radius 1 is 1.38 bits per heavy atom.